The molecule has 0 N–H and O–H groups in total. The van der Waals surface area contributed by atoms with E-state index in [2.05, 4.69) is 315 Å². The first-order chi connectivity index (χ1) is 38.3. The lowest BCUT2D eigenvalue weighted by atomic mass is 9.67. The molecular weight excluding hydrogens is 977 g/mol. The second-order valence-corrected chi connectivity index (χ2v) is 28.2. The molecule has 0 unspecified atom stereocenters. The lowest BCUT2D eigenvalue weighted by Crippen LogP contribution is -2.27. The Morgan fingerprint density at radius 3 is 0.827 bits per heavy atom. The van der Waals surface area contributed by atoms with Gasteiger partial charge in [0.15, 0.2) is 0 Å². The summed E-state index contributed by atoms with van der Waals surface area (Å²) >= 11 is 0. The Balaban J connectivity index is 1.14. The van der Waals surface area contributed by atoms with Gasteiger partial charge in [-0.1, -0.05) is 220 Å². The van der Waals surface area contributed by atoms with Crippen LogP contribution in [0.1, 0.15) is 178 Å². The van der Waals surface area contributed by atoms with Crippen LogP contribution < -0.4 is 9.80 Å². The lowest BCUT2D eigenvalue weighted by Gasteiger charge is -2.34. The monoisotopic (exact) mass is 1060 g/mol. The average Bonchev–Trinajstić information content (AvgIpc) is 2.14. The Bertz CT molecular complexity index is 3660. The van der Waals surface area contributed by atoms with E-state index >= 15 is 0 Å². The molecule has 0 saturated heterocycles. The van der Waals surface area contributed by atoms with Crippen molar-refractivity contribution in [1.82, 2.24) is 0 Å². The van der Waals surface area contributed by atoms with Crippen LogP contribution in [0.5, 0.6) is 0 Å². The highest BCUT2D eigenvalue weighted by molar-refractivity contribution is 6.11. The number of anilines is 6. The van der Waals surface area contributed by atoms with Crippen LogP contribution in [0, 0.1) is 0 Å². The predicted octanol–water partition coefficient (Wildman–Crippen LogP) is 22.7. The summed E-state index contributed by atoms with van der Waals surface area (Å²) in [6, 6.07) is 75.8. The summed E-state index contributed by atoms with van der Waals surface area (Å²) in [5.74, 6) is 0.519. The van der Waals surface area contributed by atoms with Gasteiger partial charge in [-0.05, 0) is 218 Å². The maximum absolute atomic E-state index is 2.61. The molecule has 2 heteroatoms. The smallest absolute Gasteiger partial charge is 0.0737 e. The maximum Gasteiger partial charge on any atom is 0.0737 e. The van der Waals surface area contributed by atoms with Crippen LogP contribution >= 0.6 is 0 Å². The van der Waals surface area contributed by atoms with E-state index in [4.69, 9.17) is 0 Å². The normalized spacial score (nSPS) is 13.8. The summed E-state index contributed by atoms with van der Waals surface area (Å²) in [6.07, 6.45) is 0. The number of nitrogens with zero attached hydrogens (tertiary/aromatic N) is 2. The van der Waals surface area contributed by atoms with E-state index in [1.54, 1.807) is 0 Å². The van der Waals surface area contributed by atoms with Gasteiger partial charge < -0.3 is 9.80 Å². The molecule has 2 aliphatic rings. The Morgan fingerprint density at radius 1 is 0.284 bits per heavy atom. The van der Waals surface area contributed by atoms with Crippen LogP contribution in [0.15, 0.2) is 194 Å². The lowest BCUT2D eigenvalue weighted by molar-refractivity contribution is 0.590. The molecule has 0 fully saturated rings. The third-order valence-electron chi connectivity index (χ3n) is 18.0. The van der Waals surface area contributed by atoms with Crippen LogP contribution in [0.4, 0.5) is 34.1 Å². The largest absolute Gasteiger partial charge is 0.310 e. The molecule has 0 radical (unpaired) electrons. The predicted molar refractivity (Wildman–Crippen MR) is 350 cm³/mol. The van der Waals surface area contributed by atoms with Gasteiger partial charge in [-0.2, -0.15) is 0 Å². The first kappa shape index (κ1) is 53.9. The van der Waals surface area contributed by atoms with Crippen molar-refractivity contribution in [3.63, 3.8) is 0 Å². The van der Waals surface area contributed by atoms with Crippen LogP contribution in [0.25, 0.3) is 43.8 Å². The Kier molecular flexibility index (Phi) is 12.8. The van der Waals surface area contributed by atoms with Crippen LogP contribution in [0.2, 0.25) is 0 Å². The second-order valence-electron chi connectivity index (χ2n) is 28.2. The molecule has 10 aromatic rings. The van der Waals surface area contributed by atoms with Gasteiger partial charge in [0, 0.05) is 34.1 Å². The number of rotatable bonds is 8. The summed E-state index contributed by atoms with van der Waals surface area (Å²) < 4.78 is 0. The summed E-state index contributed by atoms with van der Waals surface area (Å²) in [5.41, 5.74) is 25.3. The summed E-state index contributed by atoms with van der Waals surface area (Å²) in [7, 11) is 0. The zero-order valence-electron chi connectivity index (χ0n) is 51.0. The van der Waals surface area contributed by atoms with E-state index in [1.165, 1.54) is 99.4 Å². The quantitative estimate of drug-likeness (QED) is 0.150. The van der Waals surface area contributed by atoms with Gasteiger partial charge in [0.05, 0.1) is 5.41 Å². The standard InChI is InChI=1S/C79H82N2/c1-49(2)65-47-69-70-48-66(50(3)4)68-46-60(81(57-37-29-53(30-38-57)77(11,12)13)58-39-31-54(32-40-58)78(14,15)16)42-44-64(68)74(70)79(71-23-19-17-21-61(71)62-22-18-20-24-72(62)79)73(69)63-43-41-59(45-67(63)65)80(55-33-25-51(26-34-55)75(5,6)7)56-35-27-52(28-36-56)76(8,9)10/h17-50H,1-16H3. The summed E-state index contributed by atoms with van der Waals surface area (Å²) in [4.78, 5) is 4.95. The van der Waals surface area contributed by atoms with Gasteiger partial charge >= 0.3 is 0 Å². The van der Waals surface area contributed by atoms with Crippen molar-refractivity contribution in [1.29, 1.82) is 0 Å². The van der Waals surface area contributed by atoms with E-state index in [-0.39, 0.29) is 33.5 Å². The molecule has 0 aliphatic heterocycles. The highest BCUT2D eigenvalue weighted by Gasteiger charge is 2.54. The van der Waals surface area contributed by atoms with Crippen molar-refractivity contribution in [2.45, 2.75) is 150 Å². The zero-order chi connectivity index (χ0) is 57.3. The molecule has 0 amide bonds. The minimum Gasteiger partial charge on any atom is -0.310 e. The molecule has 81 heavy (non-hydrogen) atoms. The highest BCUT2D eigenvalue weighted by Crippen LogP contribution is 2.66. The molecule has 2 nitrogen and oxygen atoms in total. The molecule has 0 saturated carbocycles. The fourth-order valence-electron chi connectivity index (χ4n) is 13.6. The molecule has 0 aromatic heterocycles. The van der Waals surface area contributed by atoms with E-state index in [0.29, 0.717) is 0 Å². The van der Waals surface area contributed by atoms with Crippen molar-refractivity contribution in [3.05, 3.63) is 250 Å². The molecule has 408 valence electrons. The maximum atomic E-state index is 2.61. The highest BCUT2D eigenvalue weighted by atomic mass is 15.1. The van der Waals surface area contributed by atoms with Crippen LogP contribution in [0.3, 0.4) is 0 Å². The van der Waals surface area contributed by atoms with Gasteiger partial charge in [0.25, 0.3) is 0 Å². The number of hydrogen-bond donors (Lipinski definition) is 0. The van der Waals surface area contributed by atoms with Gasteiger partial charge in [0.2, 0.25) is 0 Å². The van der Waals surface area contributed by atoms with Gasteiger partial charge in [-0.3, -0.25) is 0 Å². The number of hydrogen-bond acceptors (Lipinski definition) is 2. The number of fused-ring (bicyclic) bond motifs is 14. The fraction of sp³-hybridized carbons (Fsp3) is 0.291. The van der Waals surface area contributed by atoms with Crippen molar-refractivity contribution in [2.75, 3.05) is 9.80 Å². The molecule has 1 spiro atoms. The molecule has 2 aliphatic carbocycles. The molecule has 0 heterocycles. The van der Waals surface area contributed by atoms with Crippen LogP contribution in [-0.4, -0.2) is 0 Å². The van der Waals surface area contributed by atoms with E-state index in [1.807, 2.05) is 0 Å². The topological polar surface area (TPSA) is 6.48 Å². The molecule has 0 atom stereocenters. The van der Waals surface area contributed by atoms with Crippen LogP contribution in [-0.2, 0) is 27.1 Å². The number of benzene rings is 10. The fourth-order valence-corrected chi connectivity index (χ4v) is 13.6. The molecule has 10 aromatic carbocycles. The summed E-state index contributed by atoms with van der Waals surface area (Å²) in [5, 5.41) is 5.24. The minimum absolute atomic E-state index is 0.0416. The van der Waals surface area contributed by atoms with E-state index in [0.717, 1.165) is 34.1 Å². The summed E-state index contributed by atoms with van der Waals surface area (Å²) in [6.45, 7) is 37.1. The van der Waals surface area contributed by atoms with Gasteiger partial charge in [0.1, 0.15) is 0 Å². The Morgan fingerprint density at radius 2 is 0.556 bits per heavy atom. The zero-order valence-corrected chi connectivity index (χ0v) is 51.0. The first-order valence-electron chi connectivity index (χ1n) is 29.8. The Labute approximate surface area is 484 Å². The average molecular weight is 1060 g/mol. The van der Waals surface area contributed by atoms with E-state index < -0.39 is 5.41 Å². The Hall–Kier alpha value is -7.68. The minimum atomic E-state index is -0.598. The molecule has 0 bridgehead atoms. The second kappa shape index (κ2) is 19.2. The molecular formula is C79H82N2. The van der Waals surface area contributed by atoms with Crippen molar-refractivity contribution in [2.24, 2.45) is 0 Å². The van der Waals surface area contributed by atoms with Crippen molar-refractivity contribution >= 4 is 55.7 Å². The van der Waals surface area contributed by atoms with Crippen molar-refractivity contribution < 1.29 is 0 Å². The SMILES string of the molecule is CC(C)c1cc2c(c3ccc(N(c4ccc(C(C)(C)C)cc4)c4ccc(C(C)(C)C)cc4)cc13)C1(c3ccccc3-c3ccccc31)c1c-2cc(C(C)C)c2cc(N(c3ccc(C(C)(C)C)cc3)c3ccc(C(C)(C)C)cc3)ccc12. The third-order valence-corrected chi connectivity index (χ3v) is 18.0. The van der Waals surface area contributed by atoms with Crippen molar-refractivity contribution in [3.8, 4) is 22.3 Å². The third kappa shape index (κ3) is 8.91. The van der Waals surface area contributed by atoms with E-state index in [9.17, 15) is 0 Å². The molecule has 12 rings (SSSR count). The first-order valence-corrected chi connectivity index (χ1v) is 29.8. The van der Waals surface area contributed by atoms with Gasteiger partial charge in [-0.25, -0.2) is 0 Å². The van der Waals surface area contributed by atoms with Gasteiger partial charge in [-0.15, -0.1) is 0 Å².